The molecule has 0 unspecified atom stereocenters. The molecule has 2 heterocycles. The van der Waals surface area contributed by atoms with Gasteiger partial charge in [0, 0.05) is 13.1 Å². The molecule has 1 amide bonds. The van der Waals surface area contributed by atoms with E-state index in [1.807, 2.05) is 11.3 Å². The summed E-state index contributed by atoms with van der Waals surface area (Å²) >= 11 is 0. The van der Waals surface area contributed by atoms with Crippen LogP contribution < -0.4 is 10.1 Å². The Hall–Kier alpha value is -1.55. The van der Waals surface area contributed by atoms with Crippen LogP contribution in [0.2, 0.25) is 0 Å². The topological polar surface area (TPSA) is 41.6 Å². The van der Waals surface area contributed by atoms with Gasteiger partial charge < -0.3 is 15.0 Å². The lowest BCUT2D eigenvalue weighted by Crippen LogP contribution is -2.42. The maximum atomic E-state index is 12.6. The maximum Gasteiger partial charge on any atom is 0.226 e. The van der Waals surface area contributed by atoms with Gasteiger partial charge in [-0.1, -0.05) is 12.1 Å². The van der Waals surface area contributed by atoms with Crippen LogP contribution in [0.5, 0.6) is 5.75 Å². The average Bonchev–Trinajstić information content (AvgIpc) is 2.67. The first-order valence-electron chi connectivity index (χ1n) is 10.1. The van der Waals surface area contributed by atoms with Crippen molar-refractivity contribution in [1.29, 1.82) is 0 Å². The molecule has 2 saturated heterocycles. The van der Waals surface area contributed by atoms with Crippen molar-refractivity contribution in [3.05, 3.63) is 35.2 Å². The van der Waals surface area contributed by atoms with E-state index in [4.69, 9.17) is 4.74 Å². The van der Waals surface area contributed by atoms with Gasteiger partial charge in [-0.2, -0.15) is 0 Å². The van der Waals surface area contributed by atoms with Gasteiger partial charge in [0.1, 0.15) is 5.75 Å². The Morgan fingerprint density at radius 2 is 1.69 bits per heavy atom. The van der Waals surface area contributed by atoms with Crippen LogP contribution >= 0.6 is 0 Å². The number of nitrogens with zero attached hydrogens (tertiary/aromatic N) is 1. The largest absolute Gasteiger partial charge is 0.496 e. The minimum Gasteiger partial charge on any atom is -0.496 e. The fraction of sp³-hybridized carbons (Fsp3) is 0.636. The lowest BCUT2D eigenvalue weighted by molar-refractivity contribution is -0.129. The third-order valence-electron chi connectivity index (χ3n) is 6.14. The van der Waals surface area contributed by atoms with Gasteiger partial charge in [-0.3, -0.25) is 4.79 Å². The highest BCUT2D eigenvalue weighted by molar-refractivity contribution is 5.85. The van der Waals surface area contributed by atoms with Crippen molar-refractivity contribution in [2.45, 2.75) is 46.0 Å². The highest BCUT2D eigenvalue weighted by atomic mass is 16.5. The van der Waals surface area contributed by atoms with Gasteiger partial charge in [0.15, 0.2) is 0 Å². The molecule has 2 aliphatic rings. The highest BCUT2D eigenvalue weighted by Gasteiger charge is 2.29. The molecule has 1 N–H and O–H groups in total. The third kappa shape index (κ3) is 4.59. The van der Waals surface area contributed by atoms with Crippen LogP contribution in [0.25, 0.3) is 0 Å². The third-order valence-corrected chi connectivity index (χ3v) is 6.14. The monoisotopic (exact) mass is 357 g/mol. The Labute approximate surface area is 158 Å². The number of aryl methyl sites for hydroxylation is 2. The van der Waals surface area contributed by atoms with E-state index in [0.717, 1.165) is 54.9 Å². The molecule has 4 nitrogen and oxygen atoms in total. The first-order valence-corrected chi connectivity index (χ1v) is 10.1. The van der Waals surface area contributed by atoms with Gasteiger partial charge in [-0.15, -0.1) is 0 Å². The van der Waals surface area contributed by atoms with Crippen LogP contribution in [0.4, 0.5) is 0 Å². The molecule has 0 atom stereocenters. The summed E-state index contributed by atoms with van der Waals surface area (Å²) in [6, 6.07) is 4.25. The molecule has 0 aliphatic carbocycles. The number of hydrogen-bond donors (Lipinski definition) is 1. The number of benzene rings is 1. The zero-order valence-electron chi connectivity index (χ0n) is 16.5. The molecule has 0 aromatic heterocycles. The average molecular weight is 358 g/mol. The molecule has 0 saturated carbocycles. The maximum absolute atomic E-state index is 12.6. The molecule has 0 bridgehead atoms. The molecule has 1 aromatic carbocycles. The molecule has 26 heavy (non-hydrogen) atoms. The predicted octanol–water partition coefficient (Wildman–Crippen LogP) is 3.30. The van der Waals surface area contributed by atoms with Crippen LogP contribution in [0.3, 0.4) is 0 Å². The molecule has 4 heteroatoms. The van der Waals surface area contributed by atoms with Crippen molar-refractivity contribution < 1.29 is 9.53 Å². The van der Waals surface area contributed by atoms with E-state index in [1.54, 1.807) is 7.11 Å². The molecule has 0 spiro atoms. The quantitative estimate of drug-likeness (QED) is 0.879. The second kappa shape index (κ2) is 8.90. The Kier molecular flexibility index (Phi) is 6.58. The fourth-order valence-corrected chi connectivity index (χ4v) is 4.72. The molecular formula is C22H33N2O2. The normalized spacial score (nSPS) is 19.6. The summed E-state index contributed by atoms with van der Waals surface area (Å²) < 4.78 is 5.42. The Morgan fingerprint density at radius 1 is 1.12 bits per heavy atom. The van der Waals surface area contributed by atoms with Crippen LogP contribution in [-0.2, 0) is 11.2 Å². The minimum atomic E-state index is 0.194. The second-order valence-corrected chi connectivity index (χ2v) is 7.92. The van der Waals surface area contributed by atoms with Gasteiger partial charge in [-0.05, 0) is 87.6 Å². The summed E-state index contributed by atoms with van der Waals surface area (Å²) in [4.78, 5) is 14.6. The smallest absolute Gasteiger partial charge is 0.226 e. The zero-order chi connectivity index (χ0) is 18.5. The van der Waals surface area contributed by atoms with Crippen LogP contribution in [0, 0.1) is 32.1 Å². The Morgan fingerprint density at radius 3 is 2.27 bits per heavy atom. The van der Waals surface area contributed by atoms with Crippen molar-refractivity contribution >= 4 is 5.91 Å². The summed E-state index contributed by atoms with van der Waals surface area (Å²) in [5.74, 6) is 2.82. The molecule has 3 rings (SSSR count). The highest BCUT2D eigenvalue weighted by Crippen LogP contribution is 2.31. The first kappa shape index (κ1) is 19.2. The molecule has 2 fully saturated rings. The summed E-state index contributed by atoms with van der Waals surface area (Å²) in [5.41, 5.74) is 3.44. The van der Waals surface area contributed by atoms with Crippen molar-refractivity contribution in [1.82, 2.24) is 10.2 Å². The predicted molar refractivity (Wildman–Crippen MR) is 105 cm³/mol. The number of amides is 1. The van der Waals surface area contributed by atoms with E-state index in [1.165, 1.54) is 31.2 Å². The number of rotatable bonds is 5. The van der Waals surface area contributed by atoms with Gasteiger partial charge in [-0.25, -0.2) is 0 Å². The second-order valence-electron chi connectivity index (χ2n) is 7.92. The molecule has 143 valence electrons. The van der Waals surface area contributed by atoms with E-state index in [2.05, 4.69) is 31.3 Å². The molecule has 1 radical (unpaired) electrons. The number of carbonyl (C=O) groups is 1. The van der Waals surface area contributed by atoms with Gasteiger partial charge in [0.25, 0.3) is 0 Å². The zero-order valence-corrected chi connectivity index (χ0v) is 16.5. The number of ether oxygens (including phenoxy) is 1. The molecular weight excluding hydrogens is 324 g/mol. The van der Waals surface area contributed by atoms with Crippen molar-refractivity contribution in [3.63, 3.8) is 0 Å². The van der Waals surface area contributed by atoms with Crippen LogP contribution in [0.1, 0.15) is 42.4 Å². The summed E-state index contributed by atoms with van der Waals surface area (Å²) in [5, 5.41) is 3.45. The van der Waals surface area contributed by atoms with Crippen molar-refractivity contribution in [2.75, 3.05) is 33.3 Å². The van der Waals surface area contributed by atoms with Gasteiger partial charge in [0.2, 0.25) is 5.91 Å². The number of likely N-dealkylation sites (tertiary alicyclic amines) is 1. The first-order chi connectivity index (χ1) is 12.6. The Balaban J connectivity index is 1.47. The summed E-state index contributed by atoms with van der Waals surface area (Å²) in [6.45, 7) is 8.29. The van der Waals surface area contributed by atoms with Gasteiger partial charge >= 0.3 is 0 Å². The summed E-state index contributed by atoms with van der Waals surface area (Å²) in [6.07, 6.45) is 7.50. The Bertz CT molecular complexity index is 592. The standard InChI is InChI=1S/C22H33N2O2/c1-16-14-18(15-17(2)22(16)26-3)4-5-21(25)24-12-8-20(9-13-24)19-6-10-23-11-7-19/h5,14-15,19-20,23H,4,6-13H2,1-3H3. The molecule has 1 aromatic rings. The number of carbonyl (C=O) groups excluding carboxylic acids is 1. The number of piperidine rings is 2. The summed E-state index contributed by atoms with van der Waals surface area (Å²) in [7, 11) is 1.71. The van der Waals surface area contributed by atoms with Crippen LogP contribution in [0.15, 0.2) is 12.1 Å². The van der Waals surface area contributed by atoms with E-state index in [0.29, 0.717) is 6.42 Å². The van der Waals surface area contributed by atoms with E-state index < -0.39 is 0 Å². The van der Waals surface area contributed by atoms with Crippen molar-refractivity contribution in [3.8, 4) is 5.75 Å². The lowest BCUT2D eigenvalue weighted by Gasteiger charge is -2.37. The van der Waals surface area contributed by atoms with E-state index >= 15 is 0 Å². The fourth-order valence-electron chi connectivity index (χ4n) is 4.72. The van der Waals surface area contributed by atoms with Crippen molar-refractivity contribution in [2.24, 2.45) is 11.8 Å². The van der Waals surface area contributed by atoms with Gasteiger partial charge in [0.05, 0.1) is 13.5 Å². The van der Waals surface area contributed by atoms with Crippen LogP contribution in [-0.4, -0.2) is 44.1 Å². The number of nitrogens with one attached hydrogen (secondary N) is 1. The minimum absolute atomic E-state index is 0.194. The van der Waals surface area contributed by atoms with E-state index in [-0.39, 0.29) is 5.91 Å². The number of methoxy groups -OCH3 is 1. The van der Waals surface area contributed by atoms with E-state index in [9.17, 15) is 4.79 Å². The number of hydrogen-bond acceptors (Lipinski definition) is 3. The molecule has 2 aliphatic heterocycles. The SMILES string of the molecule is COc1c(C)cc(C[CH]C(=O)N2CCC(C3CCNCC3)CC2)cc1C. The lowest BCUT2D eigenvalue weighted by atomic mass is 9.79.